The van der Waals surface area contributed by atoms with E-state index in [1.807, 2.05) is 42.5 Å². The van der Waals surface area contributed by atoms with Crippen molar-refractivity contribution in [2.75, 3.05) is 4.90 Å². The highest BCUT2D eigenvalue weighted by Gasteiger charge is 2.36. The monoisotopic (exact) mass is 349 g/mol. The molecule has 130 valence electrons. The van der Waals surface area contributed by atoms with Crippen LogP contribution in [0.2, 0.25) is 0 Å². The van der Waals surface area contributed by atoms with E-state index < -0.39 is 11.0 Å². The molecule has 4 rings (SSSR count). The Bertz CT molecular complexity index is 1030. The Hall–Kier alpha value is -3.48. The van der Waals surface area contributed by atoms with Gasteiger partial charge in [-0.1, -0.05) is 42.5 Å². The van der Waals surface area contributed by atoms with E-state index in [1.165, 1.54) is 17.0 Å². The van der Waals surface area contributed by atoms with E-state index in [0.717, 1.165) is 16.3 Å². The molecule has 7 nitrogen and oxygen atoms in total. The summed E-state index contributed by atoms with van der Waals surface area (Å²) in [5.41, 5.74) is 0.935. The molecule has 0 aliphatic carbocycles. The summed E-state index contributed by atoms with van der Waals surface area (Å²) >= 11 is 0. The highest BCUT2D eigenvalue weighted by Crippen LogP contribution is 2.35. The van der Waals surface area contributed by atoms with Crippen LogP contribution in [0.3, 0.4) is 0 Å². The maximum Gasteiger partial charge on any atom is 0.366 e. The van der Waals surface area contributed by atoms with Gasteiger partial charge in [0, 0.05) is 6.07 Å². The molecule has 3 aromatic rings. The average molecular weight is 349 g/mol. The molecule has 26 heavy (non-hydrogen) atoms. The number of carbonyl (C=O) groups is 1. The van der Waals surface area contributed by atoms with Gasteiger partial charge >= 0.3 is 5.82 Å². The van der Waals surface area contributed by atoms with Gasteiger partial charge in [-0.3, -0.25) is 9.69 Å². The number of amides is 1. The molecule has 2 aromatic carbocycles. The van der Waals surface area contributed by atoms with E-state index in [0.29, 0.717) is 5.75 Å². The first-order valence-electron chi connectivity index (χ1n) is 8.14. The van der Waals surface area contributed by atoms with Gasteiger partial charge in [-0.15, -0.1) is 0 Å². The number of nitro groups is 1. The zero-order chi connectivity index (χ0) is 18.3. The fourth-order valence-electron chi connectivity index (χ4n) is 3.13. The van der Waals surface area contributed by atoms with Crippen molar-refractivity contribution in [3.63, 3.8) is 0 Å². The number of ether oxygens (including phenoxy) is 1. The van der Waals surface area contributed by atoms with E-state index in [9.17, 15) is 14.9 Å². The Balaban J connectivity index is 1.81. The van der Waals surface area contributed by atoms with Gasteiger partial charge in [0.2, 0.25) is 0 Å². The van der Waals surface area contributed by atoms with Gasteiger partial charge < -0.3 is 14.9 Å². The minimum atomic E-state index is -0.680. The van der Waals surface area contributed by atoms with Gasteiger partial charge in [0.15, 0.2) is 11.9 Å². The molecule has 0 saturated heterocycles. The van der Waals surface area contributed by atoms with Crippen LogP contribution in [-0.4, -0.2) is 21.9 Å². The number of fused-ring (bicyclic) bond motifs is 2. The number of nitrogens with zero attached hydrogens (tertiary/aromatic N) is 3. The molecule has 1 amide bonds. The molecule has 2 heterocycles. The highest BCUT2D eigenvalue weighted by molar-refractivity contribution is 5.99. The molecule has 0 spiro atoms. The van der Waals surface area contributed by atoms with Gasteiger partial charge in [0.05, 0.1) is 6.54 Å². The van der Waals surface area contributed by atoms with E-state index >= 15 is 0 Å². The quantitative estimate of drug-likeness (QED) is 0.534. The fourth-order valence-corrected chi connectivity index (χ4v) is 3.13. The van der Waals surface area contributed by atoms with Crippen molar-refractivity contribution in [3.8, 4) is 5.75 Å². The standard InChI is InChI=1S/C19H15N3O4/c1-12-19(23)21(18-16(26-12)9-10-17(20-18)22(24)25)11-14-7-4-6-13-5-2-3-8-15(13)14/h2-10,12H,11H2,1H3. The maximum atomic E-state index is 12.7. The summed E-state index contributed by atoms with van der Waals surface area (Å²) in [7, 11) is 0. The predicted molar refractivity (Wildman–Crippen MR) is 96.1 cm³/mol. The van der Waals surface area contributed by atoms with Crippen LogP contribution in [0.25, 0.3) is 10.8 Å². The van der Waals surface area contributed by atoms with Gasteiger partial charge in [0.25, 0.3) is 11.7 Å². The van der Waals surface area contributed by atoms with Crippen molar-refractivity contribution >= 4 is 28.3 Å². The molecule has 0 fully saturated rings. The summed E-state index contributed by atoms with van der Waals surface area (Å²) in [5.74, 6) is -0.0609. The van der Waals surface area contributed by atoms with Crippen molar-refractivity contribution < 1.29 is 14.5 Å². The first kappa shape index (κ1) is 16.0. The fraction of sp³-hybridized carbons (Fsp3) is 0.158. The largest absolute Gasteiger partial charge is 0.475 e. The minimum absolute atomic E-state index is 0.176. The summed E-state index contributed by atoms with van der Waals surface area (Å²) in [6.45, 7) is 1.91. The van der Waals surface area contributed by atoms with Crippen LogP contribution in [0.1, 0.15) is 12.5 Å². The summed E-state index contributed by atoms with van der Waals surface area (Å²) in [6, 6.07) is 16.5. The number of hydrogen-bond donors (Lipinski definition) is 0. The third-order valence-electron chi connectivity index (χ3n) is 4.39. The molecule has 0 radical (unpaired) electrons. The lowest BCUT2D eigenvalue weighted by molar-refractivity contribution is -0.389. The van der Waals surface area contributed by atoms with Crippen LogP contribution in [-0.2, 0) is 11.3 Å². The van der Waals surface area contributed by atoms with Crippen molar-refractivity contribution in [1.29, 1.82) is 0 Å². The molecule has 1 atom stereocenters. The van der Waals surface area contributed by atoms with Crippen LogP contribution in [0, 0.1) is 10.1 Å². The number of rotatable bonds is 3. The van der Waals surface area contributed by atoms with E-state index in [2.05, 4.69) is 4.98 Å². The molecule has 1 unspecified atom stereocenters. The van der Waals surface area contributed by atoms with Gasteiger partial charge in [-0.25, -0.2) is 0 Å². The first-order valence-corrected chi connectivity index (χ1v) is 8.14. The maximum absolute atomic E-state index is 12.7. The van der Waals surface area contributed by atoms with Crippen molar-refractivity contribution in [3.05, 3.63) is 70.3 Å². The van der Waals surface area contributed by atoms with Crippen molar-refractivity contribution in [2.24, 2.45) is 0 Å². The molecule has 0 bridgehead atoms. The zero-order valence-corrected chi connectivity index (χ0v) is 14.0. The van der Waals surface area contributed by atoms with Crippen LogP contribution in [0.15, 0.2) is 54.6 Å². The second-order valence-electron chi connectivity index (χ2n) is 6.07. The van der Waals surface area contributed by atoms with Crippen LogP contribution in [0.4, 0.5) is 11.6 Å². The SMILES string of the molecule is CC1Oc2ccc([N+](=O)[O-])nc2N(Cc2cccc3ccccc23)C1=O. The Kier molecular flexibility index (Phi) is 3.76. The van der Waals surface area contributed by atoms with E-state index in [1.54, 1.807) is 6.92 Å². The van der Waals surface area contributed by atoms with Crippen molar-refractivity contribution in [1.82, 2.24) is 4.98 Å². The van der Waals surface area contributed by atoms with Crippen molar-refractivity contribution in [2.45, 2.75) is 19.6 Å². The van der Waals surface area contributed by atoms with Crippen LogP contribution in [0.5, 0.6) is 5.75 Å². The highest BCUT2D eigenvalue weighted by atomic mass is 16.6. The number of aromatic nitrogens is 1. The zero-order valence-electron chi connectivity index (χ0n) is 14.0. The predicted octanol–water partition coefficient (Wildman–Crippen LogP) is 3.46. The number of hydrogen-bond acceptors (Lipinski definition) is 5. The van der Waals surface area contributed by atoms with E-state index in [-0.39, 0.29) is 24.1 Å². The number of pyridine rings is 1. The molecular formula is C19H15N3O4. The first-order chi connectivity index (χ1) is 12.5. The second kappa shape index (κ2) is 6.11. The normalized spacial score (nSPS) is 16.3. The molecule has 0 saturated carbocycles. The molecule has 0 N–H and O–H groups in total. The Morgan fingerprint density at radius 3 is 2.73 bits per heavy atom. The third-order valence-corrected chi connectivity index (χ3v) is 4.39. The summed E-state index contributed by atoms with van der Waals surface area (Å²) in [5, 5.41) is 13.2. The van der Waals surface area contributed by atoms with Crippen LogP contribution >= 0.6 is 0 Å². The third kappa shape index (κ3) is 2.63. The van der Waals surface area contributed by atoms with Gasteiger partial charge in [-0.05, 0) is 39.2 Å². The van der Waals surface area contributed by atoms with Gasteiger partial charge in [0.1, 0.15) is 0 Å². The van der Waals surface area contributed by atoms with E-state index in [4.69, 9.17) is 4.74 Å². The second-order valence-corrected chi connectivity index (χ2v) is 6.07. The molecule has 1 aliphatic heterocycles. The summed E-state index contributed by atoms with van der Waals surface area (Å²) in [6.07, 6.45) is -0.680. The molecule has 1 aromatic heterocycles. The lowest BCUT2D eigenvalue weighted by Gasteiger charge is -2.29. The minimum Gasteiger partial charge on any atom is -0.475 e. The van der Waals surface area contributed by atoms with Crippen LogP contribution < -0.4 is 9.64 Å². The van der Waals surface area contributed by atoms with Gasteiger partial charge in [-0.2, -0.15) is 0 Å². The topological polar surface area (TPSA) is 85.6 Å². The Labute approximate surface area is 149 Å². The average Bonchev–Trinajstić information content (AvgIpc) is 2.65. The number of benzene rings is 2. The molecule has 7 heteroatoms. The molecule has 1 aliphatic rings. The summed E-state index contributed by atoms with van der Waals surface area (Å²) < 4.78 is 5.56. The summed E-state index contributed by atoms with van der Waals surface area (Å²) in [4.78, 5) is 28.7. The smallest absolute Gasteiger partial charge is 0.366 e. The number of carbonyl (C=O) groups excluding carboxylic acids is 1. The lowest BCUT2D eigenvalue weighted by Crippen LogP contribution is -2.44. The lowest BCUT2D eigenvalue weighted by atomic mass is 10.0. The molecular weight excluding hydrogens is 334 g/mol. The Morgan fingerprint density at radius 1 is 1.15 bits per heavy atom. The number of anilines is 1. The Morgan fingerprint density at radius 2 is 1.92 bits per heavy atom.